The lowest BCUT2D eigenvalue weighted by atomic mass is 9.96. The van der Waals surface area contributed by atoms with Crippen LogP contribution in [-0.2, 0) is 14.1 Å². The average Bonchev–Trinajstić information content (AvgIpc) is 2.50. The van der Waals surface area contributed by atoms with E-state index in [1.165, 1.54) is 11.6 Å². The third-order valence-corrected chi connectivity index (χ3v) is 4.21. The predicted molar refractivity (Wildman–Crippen MR) is 85.1 cm³/mol. The van der Waals surface area contributed by atoms with Gasteiger partial charge in [-0.2, -0.15) is 0 Å². The van der Waals surface area contributed by atoms with Gasteiger partial charge in [-0.3, -0.25) is 13.9 Å². The molecule has 0 spiro atoms. The predicted octanol–water partition coefficient (Wildman–Crippen LogP) is 1.51. The Hall–Kier alpha value is -2.08. The van der Waals surface area contributed by atoms with Crippen LogP contribution in [0.15, 0.2) is 44.5 Å². The zero-order valence-electron chi connectivity index (χ0n) is 11.6. The lowest BCUT2D eigenvalue weighted by Gasteiger charge is -2.25. The van der Waals surface area contributed by atoms with Gasteiger partial charge in [-0.1, -0.05) is 28.1 Å². The van der Waals surface area contributed by atoms with Gasteiger partial charge in [0.25, 0.3) is 5.56 Å². The number of halogens is 1. The van der Waals surface area contributed by atoms with Crippen LogP contribution in [0.2, 0.25) is 0 Å². The maximum Gasteiger partial charge on any atom is 0.330 e. The molecule has 0 bridgehead atoms. The molecule has 21 heavy (non-hydrogen) atoms. The summed E-state index contributed by atoms with van der Waals surface area (Å²) in [7, 11) is 3.18. The summed E-state index contributed by atoms with van der Waals surface area (Å²) in [6.45, 7) is 0. The van der Waals surface area contributed by atoms with Gasteiger partial charge in [0, 0.05) is 18.6 Å². The van der Waals surface area contributed by atoms with Crippen molar-refractivity contribution in [2.24, 2.45) is 14.1 Å². The zero-order chi connectivity index (χ0) is 15.1. The molecule has 0 aliphatic carbocycles. The summed E-state index contributed by atoms with van der Waals surface area (Å²) in [5, 5.41) is 3.20. The second-order valence-corrected chi connectivity index (χ2v) is 5.91. The van der Waals surface area contributed by atoms with Crippen molar-refractivity contribution in [3.05, 3.63) is 72.6 Å². The molecule has 1 aliphatic rings. The van der Waals surface area contributed by atoms with Gasteiger partial charge in [-0.25, -0.2) is 4.79 Å². The molecule has 0 amide bonds. The first-order valence-corrected chi connectivity index (χ1v) is 7.28. The molecule has 1 aromatic heterocycles. The highest BCUT2D eigenvalue weighted by molar-refractivity contribution is 9.10. The van der Waals surface area contributed by atoms with Crippen LogP contribution in [0.1, 0.15) is 22.9 Å². The largest absolute Gasteiger partial charge is 0.380 e. The smallest absolute Gasteiger partial charge is 0.330 e. The summed E-state index contributed by atoms with van der Waals surface area (Å²) < 4.78 is 3.59. The molecule has 0 saturated heterocycles. The lowest BCUT2D eigenvalue weighted by molar-refractivity contribution is 0.616. The Labute approximate surface area is 129 Å². The fraction of sp³-hybridized carbons (Fsp3) is 0.200. The van der Waals surface area contributed by atoms with E-state index < -0.39 is 0 Å². The average molecular weight is 348 g/mol. The third-order valence-electron chi connectivity index (χ3n) is 3.72. The van der Waals surface area contributed by atoms with Gasteiger partial charge in [0.1, 0.15) is 0 Å². The second-order valence-electron chi connectivity index (χ2n) is 4.99. The Morgan fingerprint density at radius 3 is 2.67 bits per heavy atom. The molecule has 1 aromatic carbocycles. The molecule has 3 rings (SSSR count). The molecule has 1 unspecified atom stereocenters. The minimum Gasteiger partial charge on any atom is -0.380 e. The van der Waals surface area contributed by atoms with Crippen molar-refractivity contribution in [1.82, 2.24) is 14.5 Å². The maximum atomic E-state index is 12.5. The van der Waals surface area contributed by atoms with Crippen LogP contribution in [0, 0.1) is 0 Å². The first-order valence-electron chi connectivity index (χ1n) is 6.48. The highest BCUT2D eigenvalue weighted by Gasteiger charge is 2.25. The molecule has 6 heteroatoms. The number of aromatic nitrogens is 2. The Morgan fingerprint density at radius 1 is 1.19 bits per heavy atom. The van der Waals surface area contributed by atoms with Crippen molar-refractivity contribution in [1.29, 1.82) is 0 Å². The van der Waals surface area contributed by atoms with Gasteiger partial charge in [-0.05, 0) is 30.0 Å². The summed E-state index contributed by atoms with van der Waals surface area (Å²) in [5.74, 6) is 0. The minimum absolute atomic E-state index is 0.269. The summed E-state index contributed by atoms with van der Waals surface area (Å²) in [4.78, 5) is 24.5. The van der Waals surface area contributed by atoms with Crippen molar-refractivity contribution in [3.8, 4) is 0 Å². The standard InChI is InChI=1S/C15H14BrN3O2/c1-18-11-6-7-17-13(9-4-3-5-10(16)8-9)12(11)14(20)19(2)15(18)21/h3-8,13,17H,1-2H3. The molecular weight excluding hydrogens is 334 g/mol. The van der Waals surface area contributed by atoms with E-state index in [1.807, 2.05) is 24.3 Å². The van der Waals surface area contributed by atoms with Crippen molar-refractivity contribution < 1.29 is 0 Å². The SMILES string of the molecule is Cn1c2c(c(=O)n(C)c1=O)C(c1cccc(Br)c1)NC=C2. The number of hydrogen-bond donors (Lipinski definition) is 1. The minimum atomic E-state index is -0.321. The molecule has 0 fully saturated rings. The Morgan fingerprint density at radius 2 is 1.95 bits per heavy atom. The number of hydrogen-bond acceptors (Lipinski definition) is 3. The first kappa shape index (κ1) is 13.9. The summed E-state index contributed by atoms with van der Waals surface area (Å²) in [6.07, 6.45) is 3.53. The van der Waals surface area contributed by atoms with E-state index in [0.717, 1.165) is 14.6 Å². The molecule has 2 aromatic rings. The highest BCUT2D eigenvalue weighted by atomic mass is 79.9. The van der Waals surface area contributed by atoms with E-state index in [2.05, 4.69) is 21.2 Å². The lowest BCUT2D eigenvalue weighted by Crippen LogP contribution is -2.43. The van der Waals surface area contributed by atoms with Gasteiger partial charge in [0.05, 0.1) is 17.3 Å². The zero-order valence-corrected chi connectivity index (χ0v) is 13.2. The Balaban J connectivity index is 2.31. The summed E-state index contributed by atoms with van der Waals surface area (Å²) >= 11 is 3.44. The highest BCUT2D eigenvalue weighted by Crippen LogP contribution is 2.27. The van der Waals surface area contributed by atoms with Gasteiger partial charge in [0.15, 0.2) is 0 Å². The second kappa shape index (κ2) is 5.04. The number of fused-ring (bicyclic) bond motifs is 1. The first-order chi connectivity index (χ1) is 10.0. The Bertz CT molecular complexity index is 864. The molecule has 5 nitrogen and oxygen atoms in total. The van der Waals surface area contributed by atoms with Crippen LogP contribution in [-0.4, -0.2) is 9.13 Å². The van der Waals surface area contributed by atoms with Gasteiger partial charge < -0.3 is 5.32 Å². The van der Waals surface area contributed by atoms with Crippen LogP contribution in [0.5, 0.6) is 0 Å². The van der Waals surface area contributed by atoms with Crippen molar-refractivity contribution in [3.63, 3.8) is 0 Å². The monoisotopic (exact) mass is 347 g/mol. The molecule has 0 radical (unpaired) electrons. The molecular formula is C15H14BrN3O2. The fourth-order valence-corrected chi connectivity index (χ4v) is 3.03. The van der Waals surface area contributed by atoms with Crippen LogP contribution >= 0.6 is 15.9 Å². The topological polar surface area (TPSA) is 56.0 Å². The van der Waals surface area contributed by atoms with Gasteiger partial charge >= 0.3 is 5.69 Å². The van der Waals surface area contributed by atoms with E-state index in [-0.39, 0.29) is 17.3 Å². The molecule has 0 saturated carbocycles. The number of nitrogens with one attached hydrogen (secondary N) is 1. The number of rotatable bonds is 1. The fourth-order valence-electron chi connectivity index (χ4n) is 2.61. The molecule has 1 N–H and O–H groups in total. The van der Waals surface area contributed by atoms with Gasteiger partial charge in [-0.15, -0.1) is 0 Å². The van der Waals surface area contributed by atoms with Crippen LogP contribution in [0.4, 0.5) is 0 Å². The Kier molecular flexibility index (Phi) is 3.33. The number of nitrogens with zero attached hydrogens (tertiary/aromatic N) is 2. The van der Waals surface area contributed by atoms with E-state index in [9.17, 15) is 9.59 Å². The van der Waals surface area contributed by atoms with Crippen LogP contribution < -0.4 is 16.6 Å². The summed E-state index contributed by atoms with van der Waals surface area (Å²) in [6, 6.07) is 7.50. The molecule has 108 valence electrons. The number of benzene rings is 1. The van der Waals surface area contributed by atoms with E-state index >= 15 is 0 Å². The molecule has 2 heterocycles. The van der Waals surface area contributed by atoms with E-state index in [4.69, 9.17) is 0 Å². The van der Waals surface area contributed by atoms with Crippen molar-refractivity contribution in [2.75, 3.05) is 0 Å². The van der Waals surface area contributed by atoms with Crippen molar-refractivity contribution >= 4 is 22.0 Å². The molecule has 1 aliphatic heterocycles. The van der Waals surface area contributed by atoms with Crippen LogP contribution in [0.25, 0.3) is 6.08 Å². The normalized spacial score (nSPS) is 16.4. The van der Waals surface area contributed by atoms with E-state index in [0.29, 0.717) is 11.3 Å². The van der Waals surface area contributed by atoms with Crippen LogP contribution in [0.3, 0.4) is 0 Å². The van der Waals surface area contributed by atoms with Gasteiger partial charge in [0.2, 0.25) is 0 Å². The molecule has 1 atom stereocenters. The third kappa shape index (κ3) is 2.15. The maximum absolute atomic E-state index is 12.5. The van der Waals surface area contributed by atoms with Crippen molar-refractivity contribution in [2.45, 2.75) is 6.04 Å². The summed E-state index contributed by atoms with van der Waals surface area (Å²) in [5.41, 5.74) is 1.60. The van der Waals surface area contributed by atoms with E-state index in [1.54, 1.807) is 19.3 Å². The quantitative estimate of drug-likeness (QED) is 0.850.